The number of rotatable bonds is 4. The summed E-state index contributed by atoms with van der Waals surface area (Å²) in [5.41, 5.74) is 0.955. The molecule has 0 bridgehead atoms. The fourth-order valence-electron chi connectivity index (χ4n) is 2.08. The van der Waals surface area contributed by atoms with Crippen molar-refractivity contribution >= 4 is 17.5 Å². The molecule has 2 amide bonds. The number of aliphatic hydroxyl groups is 1. The van der Waals surface area contributed by atoms with Gasteiger partial charge in [0.15, 0.2) is 6.61 Å². The number of fused-ring (bicyclic) bond motifs is 1. The molecule has 6 heteroatoms. The molecular weight excluding hydrogens is 260 g/mol. The molecule has 1 heterocycles. The van der Waals surface area contributed by atoms with Gasteiger partial charge in [0.2, 0.25) is 0 Å². The molecule has 1 aromatic carbocycles. The highest BCUT2D eigenvalue weighted by Gasteiger charge is 2.22. The minimum absolute atomic E-state index is 0.0110. The lowest BCUT2D eigenvalue weighted by Gasteiger charge is -2.26. The number of carbonyl (C=O) groups excluding carboxylic acids is 2. The maximum Gasteiger partial charge on any atom is 0.262 e. The Morgan fingerprint density at radius 1 is 1.50 bits per heavy atom. The lowest BCUT2D eigenvalue weighted by Crippen LogP contribution is -2.39. The van der Waals surface area contributed by atoms with E-state index in [1.807, 2.05) is 13.8 Å². The van der Waals surface area contributed by atoms with E-state index >= 15 is 0 Å². The van der Waals surface area contributed by atoms with Gasteiger partial charge in [0.05, 0.1) is 12.3 Å². The predicted molar refractivity (Wildman–Crippen MR) is 73.8 cm³/mol. The normalized spacial score (nSPS) is 13.5. The predicted octanol–water partition coefficient (Wildman–Crippen LogP) is 0.860. The van der Waals surface area contributed by atoms with Crippen molar-refractivity contribution in [2.45, 2.75) is 19.9 Å². The van der Waals surface area contributed by atoms with Crippen molar-refractivity contribution in [1.82, 2.24) is 4.90 Å². The van der Waals surface area contributed by atoms with Crippen LogP contribution in [0.25, 0.3) is 0 Å². The zero-order valence-electron chi connectivity index (χ0n) is 11.5. The van der Waals surface area contributed by atoms with Crippen LogP contribution >= 0.6 is 0 Å². The summed E-state index contributed by atoms with van der Waals surface area (Å²) in [6, 6.07) is 4.91. The van der Waals surface area contributed by atoms with Gasteiger partial charge >= 0.3 is 0 Å². The van der Waals surface area contributed by atoms with E-state index in [4.69, 9.17) is 9.84 Å². The zero-order valence-corrected chi connectivity index (χ0v) is 11.5. The second-order valence-corrected chi connectivity index (χ2v) is 4.86. The number of carbonyl (C=O) groups is 2. The Balaban J connectivity index is 2.26. The van der Waals surface area contributed by atoms with Crippen molar-refractivity contribution in [3.05, 3.63) is 23.8 Å². The highest BCUT2D eigenvalue weighted by molar-refractivity contribution is 5.99. The van der Waals surface area contributed by atoms with Crippen LogP contribution in [0, 0.1) is 0 Å². The number of hydrogen-bond acceptors (Lipinski definition) is 4. The van der Waals surface area contributed by atoms with Crippen LogP contribution in [0.4, 0.5) is 5.69 Å². The first-order valence-electron chi connectivity index (χ1n) is 6.51. The van der Waals surface area contributed by atoms with Crippen LogP contribution in [0.5, 0.6) is 5.75 Å². The number of hydrogen-bond donors (Lipinski definition) is 2. The van der Waals surface area contributed by atoms with Gasteiger partial charge in [-0.3, -0.25) is 9.59 Å². The smallest absolute Gasteiger partial charge is 0.262 e. The number of nitrogens with zero attached hydrogens (tertiary/aromatic N) is 1. The van der Waals surface area contributed by atoms with Gasteiger partial charge in [0.25, 0.3) is 11.8 Å². The van der Waals surface area contributed by atoms with Crippen molar-refractivity contribution in [2.24, 2.45) is 0 Å². The zero-order chi connectivity index (χ0) is 14.7. The first-order chi connectivity index (χ1) is 9.52. The second-order valence-electron chi connectivity index (χ2n) is 4.86. The molecule has 0 atom stereocenters. The molecule has 0 aliphatic carbocycles. The van der Waals surface area contributed by atoms with Crippen molar-refractivity contribution in [3.63, 3.8) is 0 Å². The Hall–Kier alpha value is -2.08. The Bertz CT molecular complexity index is 528. The van der Waals surface area contributed by atoms with Gasteiger partial charge in [-0.05, 0) is 32.0 Å². The van der Waals surface area contributed by atoms with E-state index in [9.17, 15) is 9.59 Å². The maximum atomic E-state index is 12.4. The topological polar surface area (TPSA) is 78.9 Å². The molecule has 108 valence electrons. The fraction of sp³-hybridized carbons (Fsp3) is 0.429. The molecule has 0 saturated heterocycles. The summed E-state index contributed by atoms with van der Waals surface area (Å²) < 4.78 is 5.25. The minimum atomic E-state index is -0.238. The summed E-state index contributed by atoms with van der Waals surface area (Å²) in [4.78, 5) is 25.3. The van der Waals surface area contributed by atoms with E-state index in [0.717, 1.165) is 0 Å². The average Bonchev–Trinajstić information content (AvgIpc) is 2.42. The van der Waals surface area contributed by atoms with Crippen LogP contribution in [0.15, 0.2) is 18.2 Å². The monoisotopic (exact) mass is 278 g/mol. The molecule has 0 saturated carbocycles. The van der Waals surface area contributed by atoms with Gasteiger partial charge in [-0.2, -0.15) is 0 Å². The average molecular weight is 278 g/mol. The Labute approximate surface area is 117 Å². The van der Waals surface area contributed by atoms with Crippen LogP contribution < -0.4 is 10.1 Å². The van der Waals surface area contributed by atoms with Crippen LogP contribution in [0.3, 0.4) is 0 Å². The third-order valence-electron chi connectivity index (χ3n) is 3.08. The first kappa shape index (κ1) is 14.3. The first-order valence-corrected chi connectivity index (χ1v) is 6.51. The van der Waals surface area contributed by atoms with Crippen LogP contribution in [-0.2, 0) is 4.79 Å². The van der Waals surface area contributed by atoms with E-state index in [1.54, 1.807) is 23.1 Å². The molecule has 20 heavy (non-hydrogen) atoms. The van der Waals surface area contributed by atoms with Gasteiger partial charge in [0.1, 0.15) is 5.75 Å². The number of benzene rings is 1. The van der Waals surface area contributed by atoms with Crippen molar-refractivity contribution < 1.29 is 19.4 Å². The molecule has 6 nitrogen and oxygen atoms in total. The van der Waals surface area contributed by atoms with E-state index in [1.165, 1.54) is 0 Å². The molecule has 1 aromatic rings. The van der Waals surface area contributed by atoms with Crippen LogP contribution in [-0.4, -0.2) is 47.6 Å². The SMILES string of the molecule is CC(C)N(CCO)C(=O)c1ccc2c(c1)NC(=O)CO2. The lowest BCUT2D eigenvalue weighted by molar-refractivity contribution is -0.118. The number of anilines is 1. The highest BCUT2D eigenvalue weighted by Crippen LogP contribution is 2.29. The number of amides is 2. The van der Waals surface area contributed by atoms with Gasteiger partial charge in [-0.15, -0.1) is 0 Å². The molecule has 0 spiro atoms. The number of ether oxygens (including phenoxy) is 1. The number of aliphatic hydroxyl groups excluding tert-OH is 1. The largest absolute Gasteiger partial charge is 0.482 e. The van der Waals surface area contributed by atoms with E-state index in [-0.39, 0.29) is 37.6 Å². The quantitative estimate of drug-likeness (QED) is 0.856. The Morgan fingerprint density at radius 2 is 2.25 bits per heavy atom. The van der Waals surface area contributed by atoms with Crippen molar-refractivity contribution in [2.75, 3.05) is 25.1 Å². The standard InChI is InChI=1S/C14H18N2O4/c1-9(2)16(5-6-17)14(19)10-3-4-12-11(7-10)15-13(18)8-20-12/h3-4,7,9,17H,5-6,8H2,1-2H3,(H,15,18). The molecule has 0 aromatic heterocycles. The summed E-state index contributed by atoms with van der Waals surface area (Å²) >= 11 is 0. The van der Waals surface area contributed by atoms with E-state index in [0.29, 0.717) is 17.0 Å². The number of nitrogens with one attached hydrogen (secondary N) is 1. The molecular formula is C14H18N2O4. The Kier molecular flexibility index (Phi) is 4.24. The second kappa shape index (κ2) is 5.92. The summed E-state index contributed by atoms with van der Waals surface area (Å²) in [5.74, 6) is 0.134. The molecule has 2 rings (SSSR count). The maximum absolute atomic E-state index is 12.4. The van der Waals surface area contributed by atoms with Gasteiger partial charge in [0, 0.05) is 18.2 Å². The summed E-state index contributed by atoms with van der Waals surface area (Å²) in [7, 11) is 0. The van der Waals surface area contributed by atoms with Crippen molar-refractivity contribution in [1.29, 1.82) is 0 Å². The van der Waals surface area contributed by atoms with Gasteiger partial charge in [-0.1, -0.05) is 0 Å². The summed E-state index contributed by atoms with van der Waals surface area (Å²) in [5, 5.41) is 11.7. The Morgan fingerprint density at radius 3 is 2.90 bits per heavy atom. The highest BCUT2D eigenvalue weighted by atomic mass is 16.5. The molecule has 1 aliphatic rings. The minimum Gasteiger partial charge on any atom is -0.482 e. The van der Waals surface area contributed by atoms with E-state index in [2.05, 4.69) is 5.32 Å². The molecule has 0 radical (unpaired) electrons. The van der Waals surface area contributed by atoms with E-state index < -0.39 is 0 Å². The molecule has 1 aliphatic heterocycles. The lowest BCUT2D eigenvalue weighted by atomic mass is 10.1. The fourth-order valence-corrected chi connectivity index (χ4v) is 2.08. The third kappa shape index (κ3) is 2.91. The molecule has 0 unspecified atom stereocenters. The molecule has 2 N–H and O–H groups in total. The third-order valence-corrected chi connectivity index (χ3v) is 3.08. The summed E-state index contributed by atoms with van der Waals surface area (Å²) in [6.07, 6.45) is 0. The van der Waals surface area contributed by atoms with Gasteiger partial charge < -0.3 is 20.1 Å². The molecule has 0 fully saturated rings. The summed E-state index contributed by atoms with van der Waals surface area (Å²) in [6.45, 7) is 3.95. The van der Waals surface area contributed by atoms with Crippen LogP contribution in [0.2, 0.25) is 0 Å². The van der Waals surface area contributed by atoms with Gasteiger partial charge in [-0.25, -0.2) is 0 Å². The van der Waals surface area contributed by atoms with Crippen LogP contribution in [0.1, 0.15) is 24.2 Å². The van der Waals surface area contributed by atoms with Crippen molar-refractivity contribution in [3.8, 4) is 5.75 Å².